The van der Waals surface area contributed by atoms with Gasteiger partial charge >= 0.3 is 0 Å². The van der Waals surface area contributed by atoms with Gasteiger partial charge in [0.1, 0.15) is 17.3 Å². The molecule has 2 N–H and O–H groups in total. The Bertz CT molecular complexity index is 1510. The van der Waals surface area contributed by atoms with Gasteiger partial charge in [-0.1, -0.05) is 41.9 Å². The zero-order valence-electron chi connectivity index (χ0n) is 19.6. The lowest BCUT2D eigenvalue weighted by atomic mass is 9.94. The van der Waals surface area contributed by atoms with Gasteiger partial charge in [-0.15, -0.1) is 0 Å². The molecule has 1 aliphatic heterocycles. The van der Waals surface area contributed by atoms with Crippen molar-refractivity contribution in [3.63, 3.8) is 0 Å². The molecule has 3 aromatic carbocycles. The minimum absolute atomic E-state index is 0.0289. The summed E-state index contributed by atoms with van der Waals surface area (Å²) in [5.41, 5.74) is 2.56. The zero-order chi connectivity index (χ0) is 25.4. The molecule has 1 aliphatic rings. The number of H-pyrrole nitrogens is 1. The number of halogens is 1. The number of rotatable bonds is 6. The van der Waals surface area contributed by atoms with Gasteiger partial charge in [0.05, 0.1) is 31.4 Å². The van der Waals surface area contributed by atoms with Crippen molar-refractivity contribution in [2.75, 3.05) is 14.2 Å². The van der Waals surface area contributed by atoms with Crippen LogP contribution in [0.3, 0.4) is 0 Å². The Morgan fingerprint density at radius 2 is 1.78 bits per heavy atom. The molecule has 182 valence electrons. The van der Waals surface area contributed by atoms with Gasteiger partial charge in [0.15, 0.2) is 0 Å². The average Bonchev–Trinajstić information content (AvgIpc) is 3.43. The molecule has 5 rings (SSSR count). The third kappa shape index (κ3) is 3.97. The number of aromatic nitrogens is 1. The summed E-state index contributed by atoms with van der Waals surface area (Å²) in [7, 11) is 3.04. The second kappa shape index (κ2) is 9.43. The minimum atomic E-state index is -0.841. The molecule has 0 aliphatic carbocycles. The Hall–Kier alpha value is -4.23. The van der Waals surface area contributed by atoms with Crippen molar-refractivity contribution in [2.45, 2.75) is 12.6 Å². The van der Waals surface area contributed by atoms with E-state index in [4.69, 9.17) is 21.1 Å². The maximum absolute atomic E-state index is 13.4. The summed E-state index contributed by atoms with van der Waals surface area (Å²) in [5, 5.41) is 12.6. The molecule has 0 bridgehead atoms. The van der Waals surface area contributed by atoms with Crippen molar-refractivity contribution in [3.8, 4) is 11.5 Å². The third-order valence-corrected chi connectivity index (χ3v) is 6.62. The highest BCUT2D eigenvalue weighted by Gasteiger charge is 2.47. The van der Waals surface area contributed by atoms with Crippen LogP contribution in [0.4, 0.5) is 0 Å². The number of carbonyl (C=O) groups excluding carboxylic acids is 2. The van der Waals surface area contributed by atoms with Crippen LogP contribution in [-0.4, -0.2) is 40.9 Å². The maximum Gasteiger partial charge on any atom is 0.295 e. The number of benzene rings is 3. The van der Waals surface area contributed by atoms with Gasteiger partial charge in [0.2, 0.25) is 0 Å². The van der Waals surface area contributed by atoms with E-state index in [1.54, 1.807) is 37.6 Å². The van der Waals surface area contributed by atoms with Crippen LogP contribution in [0.5, 0.6) is 11.5 Å². The van der Waals surface area contributed by atoms with Gasteiger partial charge in [-0.05, 0) is 42.0 Å². The number of nitrogens with one attached hydrogen (secondary N) is 1. The largest absolute Gasteiger partial charge is 0.507 e. The molecular formula is C28H23ClN2O5. The number of likely N-dealkylation sites (tertiary alicyclic amines) is 1. The minimum Gasteiger partial charge on any atom is -0.507 e. The topological polar surface area (TPSA) is 91.9 Å². The number of hydrogen-bond acceptors (Lipinski definition) is 5. The van der Waals surface area contributed by atoms with E-state index in [2.05, 4.69) is 4.98 Å². The first-order chi connectivity index (χ1) is 17.4. The van der Waals surface area contributed by atoms with Crippen LogP contribution in [0, 0.1) is 0 Å². The number of nitrogens with zero attached hydrogens (tertiary/aromatic N) is 1. The van der Waals surface area contributed by atoms with Crippen LogP contribution in [0.1, 0.15) is 22.7 Å². The van der Waals surface area contributed by atoms with E-state index >= 15 is 0 Å². The van der Waals surface area contributed by atoms with Crippen molar-refractivity contribution in [2.24, 2.45) is 0 Å². The highest BCUT2D eigenvalue weighted by atomic mass is 35.5. The fourth-order valence-corrected chi connectivity index (χ4v) is 4.80. The Morgan fingerprint density at radius 3 is 2.50 bits per heavy atom. The van der Waals surface area contributed by atoms with Crippen molar-refractivity contribution in [1.82, 2.24) is 9.88 Å². The Morgan fingerprint density at radius 1 is 1.03 bits per heavy atom. The number of aromatic amines is 1. The number of methoxy groups -OCH3 is 2. The van der Waals surface area contributed by atoms with E-state index in [0.717, 1.165) is 16.5 Å². The number of hydrogen-bond donors (Lipinski definition) is 2. The Labute approximate surface area is 212 Å². The molecule has 0 saturated carbocycles. The molecule has 1 unspecified atom stereocenters. The lowest BCUT2D eigenvalue weighted by Gasteiger charge is -2.25. The van der Waals surface area contributed by atoms with Gasteiger partial charge in [0, 0.05) is 34.2 Å². The van der Waals surface area contributed by atoms with Crippen molar-refractivity contribution in [1.29, 1.82) is 0 Å². The molecular weight excluding hydrogens is 480 g/mol. The fraction of sp³-hybridized carbons (Fsp3) is 0.143. The molecule has 4 aromatic rings. The summed E-state index contributed by atoms with van der Waals surface area (Å²) in [6.07, 6.45) is 1.77. The quantitative estimate of drug-likeness (QED) is 0.207. The maximum atomic E-state index is 13.4. The van der Waals surface area contributed by atoms with Gasteiger partial charge < -0.3 is 24.5 Å². The van der Waals surface area contributed by atoms with E-state index in [1.807, 2.05) is 36.4 Å². The predicted molar refractivity (Wildman–Crippen MR) is 137 cm³/mol. The lowest BCUT2D eigenvalue weighted by molar-refractivity contribution is -0.140. The molecule has 1 fully saturated rings. The molecule has 1 aromatic heterocycles. The third-order valence-electron chi connectivity index (χ3n) is 6.38. The number of fused-ring (bicyclic) bond motifs is 1. The van der Waals surface area contributed by atoms with E-state index < -0.39 is 17.7 Å². The highest BCUT2D eigenvalue weighted by Crippen LogP contribution is 2.44. The normalized spacial score (nSPS) is 17.1. The fourth-order valence-electron chi connectivity index (χ4n) is 4.62. The second-order valence-corrected chi connectivity index (χ2v) is 8.85. The number of carbonyl (C=O) groups is 2. The SMILES string of the molecule is COc1ccc(CN2C(=O)C(=O)/C(=C(/O)c3cc(Cl)ccc3OC)C2c2c[nH]c3ccccc23)cc1. The van der Waals surface area contributed by atoms with Crippen molar-refractivity contribution in [3.05, 3.63) is 100 Å². The number of aliphatic hydroxyl groups is 1. The first kappa shape index (κ1) is 23.5. The number of aliphatic hydroxyl groups excluding tert-OH is 1. The predicted octanol–water partition coefficient (Wildman–Crippen LogP) is 5.46. The second-order valence-electron chi connectivity index (χ2n) is 8.41. The van der Waals surface area contributed by atoms with Crippen LogP contribution < -0.4 is 9.47 Å². The van der Waals surface area contributed by atoms with Crippen LogP contribution in [0.25, 0.3) is 16.7 Å². The van der Waals surface area contributed by atoms with Crippen LogP contribution in [0.15, 0.2) is 78.5 Å². The summed E-state index contributed by atoms with van der Waals surface area (Å²) in [6, 6.07) is 18.8. The number of ketones is 1. The molecule has 7 nitrogen and oxygen atoms in total. The zero-order valence-corrected chi connectivity index (χ0v) is 20.4. The standard InChI is InChI=1S/C28H23ClN2O5/c1-35-18-10-7-16(8-11-18)15-31-25(21-14-30-22-6-4-3-5-19(21)22)24(27(33)28(31)34)26(32)20-13-17(29)9-12-23(20)36-2/h3-14,25,30,32H,15H2,1-2H3/b26-24+. The van der Waals surface area contributed by atoms with Gasteiger partial charge in [0.25, 0.3) is 11.7 Å². The van der Waals surface area contributed by atoms with Crippen molar-refractivity contribution < 1.29 is 24.2 Å². The molecule has 0 spiro atoms. The monoisotopic (exact) mass is 502 g/mol. The van der Waals surface area contributed by atoms with Gasteiger partial charge in [-0.3, -0.25) is 9.59 Å². The Balaban J connectivity index is 1.71. The van der Waals surface area contributed by atoms with Gasteiger partial charge in [-0.2, -0.15) is 0 Å². The van der Waals surface area contributed by atoms with Crippen LogP contribution in [0.2, 0.25) is 5.02 Å². The number of para-hydroxylation sites is 1. The number of amides is 1. The highest BCUT2D eigenvalue weighted by molar-refractivity contribution is 6.46. The molecule has 1 amide bonds. The van der Waals surface area contributed by atoms with Crippen LogP contribution >= 0.6 is 11.6 Å². The van der Waals surface area contributed by atoms with E-state index in [-0.39, 0.29) is 23.4 Å². The number of ether oxygens (including phenoxy) is 2. The molecule has 1 saturated heterocycles. The average molecular weight is 503 g/mol. The Kier molecular flexibility index (Phi) is 6.16. The first-order valence-electron chi connectivity index (χ1n) is 11.2. The summed E-state index contributed by atoms with van der Waals surface area (Å²) in [4.78, 5) is 31.5. The molecule has 0 radical (unpaired) electrons. The summed E-state index contributed by atoms with van der Waals surface area (Å²) in [6.45, 7) is 0.155. The van der Waals surface area contributed by atoms with Gasteiger partial charge in [-0.25, -0.2) is 0 Å². The van der Waals surface area contributed by atoms with E-state index in [0.29, 0.717) is 22.1 Å². The molecule has 36 heavy (non-hydrogen) atoms. The number of Topliss-reactive ketones (excluding diaryl/α,β-unsaturated/α-hetero) is 1. The molecule has 2 heterocycles. The summed E-state index contributed by atoms with van der Waals surface area (Å²) >= 11 is 6.20. The molecule has 1 atom stereocenters. The van der Waals surface area contributed by atoms with Crippen molar-refractivity contribution >= 4 is 40.0 Å². The molecule has 8 heteroatoms. The van der Waals surface area contributed by atoms with Crippen LogP contribution in [-0.2, 0) is 16.1 Å². The first-order valence-corrected chi connectivity index (χ1v) is 11.6. The summed E-state index contributed by atoms with van der Waals surface area (Å²) < 4.78 is 10.6. The summed E-state index contributed by atoms with van der Waals surface area (Å²) in [5.74, 6) is -0.819. The smallest absolute Gasteiger partial charge is 0.295 e. The lowest BCUT2D eigenvalue weighted by Crippen LogP contribution is -2.29. The van der Waals surface area contributed by atoms with E-state index in [9.17, 15) is 14.7 Å². The van der Waals surface area contributed by atoms with E-state index in [1.165, 1.54) is 18.1 Å².